The lowest BCUT2D eigenvalue weighted by Crippen LogP contribution is -2.48. The van der Waals surface area contributed by atoms with Crippen LogP contribution in [0, 0.1) is 0 Å². The molecule has 1 aliphatic carbocycles. The van der Waals surface area contributed by atoms with E-state index in [2.05, 4.69) is 5.32 Å². The van der Waals surface area contributed by atoms with Crippen LogP contribution in [0.25, 0.3) is 0 Å². The van der Waals surface area contributed by atoms with E-state index in [-0.39, 0.29) is 5.91 Å². The summed E-state index contributed by atoms with van der Waals surface area (Å²) in [5.74, 6) is -0.191. The molecule has 1 atom stereocenters. The molecule has 0 spiro atoms. The van der Waals surface area contributed by atoms with Crippen molar-refractivity contribution >= 4 is 5.91 Å². The Morgan fingerprint density at radius 1 is 1.32 bits per heavy atom. The van der Waals surface area contributed by atoms with Gasteiger partial charge in [0.25, 0.3) is 0 Å². The maximum atomic E-state index is 11.9. The molecule has 0 aliphatic heterocycles. The van der Waals surface area contributed by atoms with E-state index in [1.54, 1.807) is 0 Å². The van der Waals surface area contributed by atoms with Crippen LogP contribution in [0.5, 0.6) is 0 Å². The van der Waals surface area contributed by atoms with Crippen LogP contribution in [0.15, 0.2) is 30.3 Å². The number of benzene rings is 1. The number of hydrogen-bond donors (Lipinski definition) is 3. The molecule has 0 bridgehead atoms. The maximum Gasteiger partial charge on any atom is 0.237 e. The second kappa shape index (κ2) is 6.17. The molecule has 1 saturated carbocycles. The summed E-state index contributed by atoms with van der Waals surface area (Å²) in [7, 11) is 0. The summed E-state index contributed by atoms with van der Waals surface area (Å²) < 4.78 is 0. The van der Waals surface area contributed by atoms with Crippen LogP contribution >= 0.6 is 0 Å². The summed E-state index contributed by atoms with van der Waals surface area (Å²) in [6.07, 6.45) is 4.11. The van der Waals surface area contributed by atoms with Crippen LogP contribution in [0.4, 0.5) is 0 Å². The van der Waals surface area contributed by atoms with E-state index in [4.69, 9.17) is 5.73 Å². The Balaban J connectivity index is 1.79. The highest BCUT2D eigenvalue weighted by Gasteiger charge is 2.31. The number of carbonyl (C=O) groups is 1. The zero-order valence-electron chi connectivity index (χ0n) is 11.1. The maximum absolute atomic E-state index is 11.9. The Morgan fingerprint density at radius 3 is 2.58 bits per heavy atom. The monoisotopic (exact) mass is 262 g/mol. The van der Waals surface area contributed by atoms with Crippen LogP contribution in [0.1, 0.15) is 31.2 Å². The predicted octanol–water partition coefficient (Wildman–Crippen LogP) is 0.978. The van der Waals surface area contributed by atoms with Gasteiger partial charge in [0.1, 0.15) is 0 Å². The Kier molecular flexibility index (Phi) is 4.56. The van der Waals surface area contributed by atoms with Crippen LogP contribution in [-0.4, -0.2) is 29.2 Å². The summed E-state index contributed by atoms with van der Waals surface area (Å²) in [5.41, 5.74) is 6.21. The second-order valence-electron chi connectivity index (χ2n) is 5.45. The van der Waals surface area contributed by atoms with Gasteiger partial charge < -0.3 is 16.2 Å². The lowest BCUT2D eigenvalue weighted by molar-refractivity contribution is -0.123. The van der Waals surface area contributed by atoms with Gasteiger partial charge in [-0.2, -0.15) is 0 Å². The number of hydrogen-bond acceptors (Lipinski definition) is 3. The first kappa shape index (κ1) is 14.0. The van der Waals surface area contributed by atoms with E-state index < -0.39 is 11.6 Å². The fourth-order valence-corrected chi connectivity index (χ4v) is 2.55. The quantitative estimate of drug-likeness (QED) is 0.740. The van der Waals surface area contributed by atoms with Crippen molar-refractivity contribution in [2.24, 2.45) is 5.73 Å². The zero-order valence-corrected chi connectivity index (χ0v) is 11.1. The number of aliphatic hydroxyl groups is 1. The largest absolute Gasteiger partial charge is 0.388 e. The minimum atomic E-state index is -0.720. The molecule has 1 aliphatic rings. The normalized spacial score (nSPS) is 19.1. The minimum Gasteiger partial charge on any atom is -0.388 e. The number of nitrogens with one attached hydrogen (secondary N) is 1. The van der Waals surface area contributed by atoms with Gasteiger partial charge in [-0.3, -0.25) is 4.79 Å². The van der Waals surface area contributed by atoms with E-state index >= 15 is 0 Å². The summed E-state index contributed by atoms with van der Waals surface area (Å²) >= 11 is 0. The van der Waals surface area contributed by atoms with Crippen molar-refractivity contribution in [3.8, 4) is 0 Å². The van der Waals surface area contributed by atoms with Crippen molar-refractivity contribution in [2.45, 2.75) is 43.7 Å². The van der Waals surface area contributed by atoms with Gasteiger partial charge in [-0.15, -0.1) is 0 Å². The third-order valence-corrected chi connectivity index (χ3v) is 3.76. The van der Waals surface area contributed by atoms with Gasteiger partial charge in [-0.1, -0.05) is 43.2 Å². The fraction of sp³-hybridized carbons (Fsp3) is 0.533. The number of nitrogens with two attached hydrogens (primary N) is 1. The second-order valence-corrected chi connectivity index (χ2v) is 5.45. The molecule has 1 aromatic rings. The molecule has 1 fully saturated rings. The average Bonchev–Trinajstić information content (AvgIpc) is 2.84. The molecule has 0 radical (unpaired) electrons. The van der Waals surface area contributed by atoms with Gasteiger partial charge in [0.05, 0.1) is 11.6 Å². The molecule has 4 nitrogen and oxygen atoms in total. The van der Waals surface area contributed by atoms with E-state index in [1.165, 1.54) is 0 Å². The van der Waals surface area contributed by atoms with Crippen LogP contribution in [-0.2, 0) is 11.2 Å². The fourth-order valence-electron chi connectivity index (χ4n) is 2.55. The number of carbonyl (C=O) groups excluding carboxylic acids is 1. The topological polar surface area (TPSA) is 75.4 Å². The minimum absolute atomic E-state index is 0.191. The highest BCUT2D eigenvalue weighted by molar-refractivity contribution is 5.81. The highest BCUT2D eigenvalue weighted by atomic mass is 16.3. The van der Waals surface area contributed by atoms with Crippen molar-refractivity contribution in [1.82, 2.24) is 5.32 Å². The molecule has 0 heterocycles. The van der Waals surface area contributed by atoms with E-state index in [1.807, 2.05) is 30.3 Å². The lowest BCUT2D eigenvalue weighted by Gasteiger charge is -2.23. The van der Waals surface area contributed by atoms with E-state index in [0.717, 1.165) is 31.2 Å². The molecule has 4 heteroatoms. The molecule has 0 aromatic heterocycles. The van der Waals surface area contributed by atoms with E-state index in [0.29, 0.717) is 13.0 Å². The number of rotatable bonds is 5. The first-order chi connectivity index (χ1) is 9.09. The first-order valence-electron chi connectivity index (χ1n) is 6.89. The molecule has 19 heavy (non-hydrogen) atoms. The third kappa shape index (κ3) is 4.04. The van der Waals surface area contributed by atoms with Crippen LogP contribution in [0.2, 0.25) is 0 Å². The summed E-state index contributed by atoms with van der Waals surface area (Å²) in [6.45, 7) is 0.314. The summed E-state index contributed by atoms with van der Waals surface area (Å²) in [5, 5.41) is 12.9. The van der Waals surface area contributed by atoms with Crippen molar-refractivity contribution < 1.29 is 9.90 Å². The Bertz CT molecular complexity index is 413. The Labute approximate surface area is 114 Å². The van der Waals surface area contributed by atoms with Gasteiger partial charge >= 0.3 is 0 Å². The molecule has 104 valence electrons. The predicted molar refractivity (Wildman–Crippen MR) is 74.5 cm³/mol. The van der Waals surface area contributed by atoms with Crippen LogP contribution < -0.4 is 11.1 Å². The Morgan fingerprint density at radius 2 is 1.95 bits per heavy atom. The van der Waals surface area contributed by atoms with Gasteiger partial charge in [0, 0.05) is 6.54 Å². The smallest absolute Gasteiger partial charge is 0.237 e. The molecule has 0 unspecified atom stereocenters. The van der Waals surface area contributed by atoms with Crippen LogP contribution in [0.3, 0.4) is 0 Å². The summed E-state index contributed by atoms with van der Waals surface area (Å²) in [6, 6.07) is 9.15. The highest BCUT2D eigenvalue weighted by Crippen LogP contribution is 2.28. The lowest BCUT2D eigenvalue weighted by atomic mass is 10.0. The SMILES string of the molecule is N[C@@H](Cc1ccccc1)C(=O)NCC1(O)CCCC1. The molecule has 1 aromatic carbocycles. The number of amides is 1. The van der Waals surface area contributed by atoms with Gasteiger partial charge in [-0.25, -0.2) is 0 Å². The molecule has 0 saturated heterocycles. The van der Waals surface area contributed by atoms with Crippen molar-refractivity contribution in [1.29, 1.82) is 0 Å². The average molecular weight is 262 g/mol. The van der Waals surface area contributed by atoms with Crippen molar-refractivity contribution in [2.75, 3.05) is 6.54 Å². The van der Waals surface area contributed by atoms with Gasteiger partial charge in [-0.05, 0) is 24.8 Å². The van der Waals surface area contributed by atoms with Crippen molar-refractivity contribution in [3.05, 3.63) is 35.9 Å². The first-order valence-corrected chi connectivity index (χ1v) is 6.89. The standard InChI is InChI=1S/C15H22N2O2/c16-13(10-12-6-2-1-3-7-12)14(18)17-11-15(19)8-4-5-9-15/h1-3,6-7,13,19H,4-5,8-11,16H2,(H,17,18)/t13-/m0/s1. The Hall–Kier alpha value is -1.39. The third-order valence-electron chi connectivity index (χ3n) is 3.76. The van der Waals surface area contributed by atoms with E-state index in [9.17, 15) is 9.90 Å². The van der Waals surface area contributed by atoms with Gasteiger partial charge in [0.15, 0.2) is 0 Å². The molecular formula is C15H22N2O2. The van der Waals surface area contributed by atoms with Gasteiger partial charge in [0.2, 0.25) is 5.91 Å². The van der Waals surface area contributed by atoms with Crippen molar-refractivity contribution in [3.63, 3.8) is 0 Å². The summed E-state index contributed by atoms with van der Waals surface area (Å²) in [4.78, 5) is 11.9. The molecule has 1 amide bonds. The molecule has 2 rings (SSSR count). The molecule has 4 N–H and O–H groups in total. The zero-order chi connectivity index (χ0) is 13.7. The molecular weight excluding hydrogens is 240 g/mol.